The molecule has 3 saturated carbocycles. The average molecular weight is 400 g/mol. The summed E-state index contributed by atoms with van der Waals surface area (Å²) in [7, 11) is 0. The molecule has 1 saturated heterocycles. The molecule has 2 bridgehead atoms. The van der Waals surface area contributed by atoms with Gasteiger partial charge in [0.1, 0.15) is 6.61 Å². The fourth-order valence-corrected chi connectivity index (χ4v) is 7.60. The van der Waals surface area contributed by atoms with Gasteiger partial charge < -0.3 is 14.6 Å². The molecule has 1 aliphatic heterocycles. The Balaban J connectivity index is 1.49. The van der Waals surface area contributed by atoms with E-state index in [4.69, 9.17) is 9.47 Å². The van der Waals surface area contributed by atoms with Gasteiger partial charge >= 0.3 is 5.97 Å². The Labute approximate surface area is 170 Å². The summed E-state index contributed by atoms with van der Waals surface area (Å²) in [5.74, 6) is -0.103. The highest BCUT2D eigenvalue weighted by atomic mass is 16.6. The maximum absolute atomic E-state index is 12.9. The summed E-state index contributed by atoms with van der Waals surface area (Å²) in [4.78, 5) is 36.0. The molecule has 6 heteroatoms. The van der Waals surface area contributed by atoms with E-state index in [1.54, 1.807) is 12.2 Å². The summed E-state index contributed by atoms with van der Waals surface area (Å²) in [5, 5.41) is 11.1. The van der Waals surface area contributed by atoms with Gasteiger partial charge in [-0.25, -0.2) is 0 Å². The second-order valence-electron chi connectivity index (χ2n) is 9.74. The summed E-state index contributed by atoms with van der Waals surface area (Å²) in [6.07, 6.45) is 8.44. The van der Waals surface area contributed by atoms with Gasteiger partial charge in [0, 0.05) is 29.6 Å². The number of ketones is 2. The Morgan fingerprint density at radius 1 is 1.31 bits per heavy atom. The Hall–Kier alpha value is -1.79. The van der Waals surface area contributed by atoms with Gasteiger partial charge in [-0.05, 0) is 56.1 Å². The van der Waals surface area contributed by atoms with Crippen LogP contribution in [0.4, 0.5) is 0 Å². The van der Waals surface area contributed by atoms with Crippen LogP contribution in [0.2, 0.25) is 0 Å². The molecule has 6 nitrogen and oxygen atoms in total. The summed E-state index contributed by atoms with van der Waals surface area (Å²) in [6.45, 7) is 3.27. The van der Waals surface area contributed by atoms with Gasteiger partial charge in [-0.2, -0.15) is 0 Å². The summed E-state index contributed by atoms with van der Waals surface area (Å²) >= 11 is 0. The van der Waals surface area contributed by atoms with Crippen LogP contribution >= 0.6 is 0 Å². The van der Waals surface area contributed by atoms with Gasteiger partial charge in [0.15, 0.2) is 17.9 Å². The third kappa shape index (κ3) is 2.51. The second-order valence-corrected chi connectivity index (χ2v) is 9.74. The molecule has 1 heterocycles. The van der Waals surface area contributed by atoms with Crippen molar-refractivity contribution in [2.24, 2.45) is 34.5 Å². The van der Waals surface area contributed by atoms with E-state index in [2.05, 4.69) is 6.92 Å². The molecule has 156 valence electrons. The molecule has 0 aromatic rings. The number of hydrogen-bond donors (Lipinski definition) is 1. The number of ether oxygens (including phenoxy) is 2. The smallest absolute Gasteiger partial charge is 0.303 e. The predicted octanol–water partition coefficient (Wildman–Crippen LogP) is 2.35. The number of carbonyl (C=O) groups excluding carboxylic acids is 3. The molecule has 1 spiro atoms. The van der Waals surface area contributed by atoms with Crippen molar-refractivity contribution in [3.8, 4) is 0 Å². The van der Waals surface area contributed by atoms with Gasteiger partial charge in [-0.3, -0.25) is 14.4 Å². The SMILES string of the molecule is CC(=O)OCC(=O)[C@H]1CC[C@@H]2[C@@H]3CCC4=CC(=O)C=C[C@]4(C)[C@H]3[C@@H]3C[C@]12[C@H](O)O3. The van der Waals surface area contributed by atoms with Crippen LogP contribution in [-0.4, -0.2) is 41.6 Å². The molecule has 5 aliphatic rings. The molecule has 4 fully saturated rings. The van der Waals surface area contributed by atoms with Crippen molar-refractivity contribution in [1.29, 1.82) is 0 Å². The van der Waals surface area contributed by atoms with E-state index < -0.39 is 17.7 Å². The standard InChI is InChI=1S/C23H28O6/c1-12(24)28-11-18(26)17-6-5-16-15-4-3-13-9-14(25)7-8-22(13,2)20(15)19-10-23(16,17)21(27)29-19/h7-9,15-17,19-21,27H,3-6,10-11H2,1-2H3/t15-,16+,17+,19-,20+,21+,22-,23+/m0/s1. The maximum atomic E-state index is 12.9. The van der Waals surface area contributed by atoms with Crippen molar-refractivity contribution in [3.63, 3.8) is 0 Å². The van der Waals surface area contributed by atoms with Crippen LogP contribution in [0.25, 0.3) is 0 Å². The molecule has 0 aromatic heterocycles. The maximum Gasteiger partial charge on any atom is 0.303 e. The zero-order chi connectivity index (χ0) is 20.6. The first-order valence-corrected chi connectivity index (χ1v) is 10.7. The highest BCUT2D eigenvalue weighted by Gasteiger charge is 2.71. The molecule has 1 N–H and O–H groups in total. The number of fused-ring (bicyclic) bond motifs is 6. The summed E-state index contributed by atoms with van der Waals surface area (Å²) in [6, 6.07) is 0. The van der Waals surface area contributed by atoms with E-state index in [0.717, 1.165) is 19.3 Å². The third-order valence-corrected chi connectivity index (χ3v) is 8.65. The first-order chi connectivity index (χ1) is 13.8. The van der Waals surface area contributed by atoms with E-state index in [9.17, 15) is 19.5 Å². The zero-order valence-electron chi connectivity index (χ0n) is 16.9. The highest BCUT2D eigenvalue weighted by molar-refractivity contribution is 6.01. The number of Topliss-reactive ketones (excluding diaryl/α,β-unsaturated/α-hetero) is 1. The number of carbonyl (C=O) groups is 3. The van der Waals surface area contributed by atoms with Crippen LogP contribution in [0.3, 0.4) is 0 Å². The number of aliphatic hydroxyl groups is 1. The van der Waals surface area contributed by atoms with Crippen molar-refractivity contribution >= 4 is 17.5 Å². The van der Waals surface area contributed by atoms with Crippen LogP contribution in [0.1, 0.15) is 46.0 Å². The van der Waals surface area contributed by atoms with Crippen LogP contribution in [0, 0.1) is 34.5 Å². The molecular formula is C23H28O6. The van der Waals surface area contributed by atoms with Crippen LogP contribution in [-0.2, 0) is 23.9 Å². The van der Waals surface area contributed by atoms with Crippen molar-refractivity contribution in [3.05, 3.63) is 23.8 Å². The predicted molar refractivity (Wildman–Crippen MR) is 102 cm³/mol. The van der Waals surface area contributed by atoms with Gasteiger partial charge in [0.25, 0.3) is 0 Å². The summed E-state index contributed by atoms with van der Waals surface area (Å²) < 4.78 is 11.1. The van der Waals surface area contributed by atoms with Crippen molar-refractivity contribution < 1.29 is 29.0 Å². The first-order valence-electron chi connectivity index (χ1n) is 10.7. The quantitative estimate of drug-likeness (QED) is 0.732. The zero-order valence-corrected chi connectivity index (χ0v) is 16.9. The Morgan fingerprint density at radius 3 is 2.86 bits per heavy atom. The molecule has 5 rings (SSSR count). The van der Waals surface area contributed by atoms with Crippen LogP contribution < -0.4 is 0 Å². The van der Waals surface area contributed by atoms with Crippen LogP contribution in [0.5, 0.6) is 0 Å². The lowest BCUT2D eigenvalue weighted by atomic mass is 9.47. The Kier molecular flexibility index (Phi) is 4.20. The van der Waals surface area contributed by atoms with E-state index in [1.807, 2.05) is 6.08 Å². The molecule has 0 amide bonds. The number of allylic oxidation sites excluding steroid dienone is 4. The Morgan fingerprint density at radius 2 is 2.10 bits per heavy atom. The van der Waals surface area contributed by atoms with E-state index in [0.29, 0.717) is 18.8 Å². The third-order valence-electron chi connectivity index (χ3n) is 8.65. The number of aliphatic hydroxyl groups excluding tert-OH is 1. The summed E-state index contributed by atoms with van der Waals surface area (Å²) in [5.41, 5.74) is 0.357. The van der Waals surface area contributed by atoms with Gasteiger partial charge in [0.2, 0.25) is 0 Å². The lowest BCUT2D eigenvalue weighted by Crippen LogP contribution is -2.55. The monoisotopic (exact) mass is 400 g/mol. The average Bonchev–Trinajstić information content (AvgIpc) is 3.19. The number of esters is 1. The molecular weight excluding hydrogens is 372 g/mol. The fourth-order valence-electron chi connectivity index (χ4n) is 7.60. The minimum absolute atomic E-state index is 0.0467. The molecule has 0 radical (unpaired) electrons. The minimum atomic E-state index is -0.970. The Bertz CT molecular complexity index is 842. The second kappa shape index (κ2) is 6.35. The molecule has 0 unspecified atom stereocenters. The highest BCUT2D eigenvalue weighted by Crippen LogP contribution is 2.70. The van der Waals surface area contributed by atoms with Gasteiger partial charge in [0.05, 0.1) is 6.10 Å². The molecule has 0 aromatic carbocycles. The van der Waals surface area contributed by atoms with Crippen molar-refractivity contribution in [2.75, 3.05) is 6.61 Å². The van der Waals surface area contributed by atoms with Crippen molar-refractivity contribution in [2.45, 2.75) is 58.3 Å². The van der Waals surface area contributed by atoms with E-state index >= 15 is 0 Å². The normalized spacial score (nSPS) is 47.1. The number of hydrogen-bond acceptors (Lipinski definition) is 6. The molecule has 8 atom stereocenters. The first kappa shape index (κ1) is 19.2. The lowest BCUT2D eigenvalue weighted by molar-refractivity contribution is -0.163. The molecule has 4 aliphatic carbocycles. The van der Waals surface area contributed by atoms with Gasteiger partial charge in [-0.15, -0.1) is 0 Å². The van der Waals surface area contributed by atoms with Gasteiger partial charge in [-0.1, -0.05) is 18.6 Å². The van der Waals surface area contributed by atoms with Crippen LogP contribution in [0.15, 0.2) is 23.8 Å². The topological polar surface area (TPSA) is 89.9 Å². The van der Waals surface area contributed by atoms with E-state index in [1.165, 1.54) is 12.5 Å². The lowest BCUT2D eigenvalue weighted by Gasteiger charge is -2.56. The largest absolute Gasteiger partial charge is 0.458 e. The minimum Gasteiger partial charge on any atom is -0.458 e. The number of rotatable bonds is 3. The fraction of sp³-hybridized carbons (Fsp3) is 0.696. The molecule has 29 heavy (non-hydrogen) atoms. The van der Waals surface area contributed by atoms with Crippen molar-refractivity contribution in [1.82, 2.24) is 0 Å². The van der Waals surface area contributed by atoms with E-state index in [-0.39, 0.29) is 47.4 Å².